The van der Waals surface area contributed by atoms with Gasteiger partial charge < -0.3 is 14.2 Å². The number of nitrogens with one attached hydrogen (secondary N) is 1. The minimum Gasteiger partial charge on any atom is -0.478 e. The van der Waals surface area contributed by atoms with Crippen LogP contribution >= 0.6 is 11.6 Å². The zero-order chi connectivity index (χ0) is 28.4. The summed E-state index contributed by atoms with van der Waals surface area (Å²) >= 11 is 6.03. The fourth-order valence-corrected chi connectivity index (χ4v) is 5.03. The van der Waals surface area contributed by atoms with Gasteiger partial charge in [0.1, 0.15) is 0 Å². The Bertz CT molecular complexity index is 1750. The normalized spacial score (nSPS) is 11.2. The first-order chi connectivity index (χ1) is 19.2. The molecule has 1 amide bonds. The highest BCUT2D eigenvalue weighted by Gasteiger charge is 2.15. The Kier molecular flexibility index (Phi) is 7.40. The molecule has 5 rings (SSSR count). The highest BCUT2D eigenvalue weighted by atomic mass is 35.5. The summed E-state index contributed by atoms with van der Waals surface area (Å²) in [5.74, 6) is -1.42. The largest absolute Gasteiger partial charge is 0.478 e. The van der Waals surface area contributed by atoms with Gasteiger partial charge in [-0.1, -0.05) is 41.9 Å². The molecule has 2 N–H and O–H groups in total. The third-order valence-electron chi connectivity index (χ3n) is 6.81. The molecule has 0 fully saturated rings. The first-order valence-electron chi connectivity index (χ1n) is 12.6. The molecule has 0 aliphatic carbocycles. The predicted molar refractivity (Wildman–Crippen MR) is 158 cm³/mol. The molecule has 200 valence electrons. The van der Waals surface area contributed by atoms with E-state index in [-0.39, 0.29) is 16.5 Å². The Morgan fingerprint density at radius 1 is 0.825 bits per heavy atom. The highest BCUT2D eigenvalue weighted by molar-refractivity contribution is 6.33. The summed E-state index contributed by atoms with van der Waals surface area (Å²) in [6.07, 6.45) is 1.58. The third-order valence-corrected chi connectivity index (χ3v) is 7.14. The van der Waals surface area contributed by atoms with Gasteiger partial charge in [0, 0.05) is 39.6 Å². The smallest absolute Gasteiger partial charge is 0.337 e. The van der Waals surface area contributed by atoms with Crippen LogP contribution in [-0.4, -0.2) is 32.3 Å². The van der Waals surface area contributed by atoms with Crippen LogP contribution in [0.1, 0.15) is 43.4 Å². The number of amides is 1. The average molecular weight is 551 g/mol. The van der Waals surface area contributed by atoms with Gasteiger partial charge in [0.2, 0.25) is 0 Å². The van der Waals surface area contributed by atoms with Crippen molar-refractivity contribution >= 4 is 29.7 Å². The Hall–Kier alpha value is -4.88. The number of carbonyl (C=O) groups excluding carboxylic acids is 1. The molecule has 0 aliphatic heterocycles. The lowest BCUT2D eigenvalue weighted by Crippen LogP contribution is -2.17. The van der Waals surface area contributed by atoms with E-state index < -0.39 is 5.97 Å². The molecule has 3 aromatic carbocycles. The molecule has 0 saturated heterocycles. The van der Waals surface area contributed by atoms with Crippen molar-refractivity contribution < 1.29 is 14.7 Å². The Labute approximate surface area is 237 Å². The number of aromatic carboxylic acids is 1. The van der Waals surface area contributed by atoms with Crippen LogP contribution in [0.15, 0.2) is 96.1 Å². The number of rotatable bonds is 7. The van der Waals surface area contributed by atoms with Crippen LogP contribution in [0.2, 0.25) is 5.02 Å². The molecule has 2 heterocycles. The van der Waals surface area contributed by atoms with Crippen molar-refractivity contribution in [3.63, 3.8) is 0 Å². The Morgan fingerprint density at radius 3 is 2.23 bits per heavy atom. The van der Waals surface area contributed by atoms with Crippen molar-refractivity contribution in [2.45, 2.75) is 20.8 Å². The molecule has 0 atom stereocenters. The summed E-state index contributed by atoms with van der Waals surface area (Å²) < 4.78 is 4.07. The van der Waals surface area contributed by atoms with Gasteiger partial charge in [-0.05, 0) is 87.0 Å². The van der Waals surface area contributed by atoms with Gasteiger partial charge >= 0.3 is 5.97 Å². The molecule has 7 nitrogen and oxygen atoms in total. The van der Waals surface area contributed by atoms with E-state index in [4.69, 9.17) is 11.6 Å². The maximum atomic E-state index is 12.8. The van der Waals surface area contributed by atoms with Crippen LogP contribution in [0, 0.1) is 20.8 Å². The molecule has 2 aromatic heterocycles. The summed E-state index contributed by atoms with van der Waals surface area (Å²) in [6, 6.07) is 28.5. The monoisotopic (exact) mass is 550 g/mol. The molecule has 0 unspecified atom stereocenters. The second-order valence-electron chi connectivity index (χ2n) is 9.44. The molecule has 40 heavy (non-hydrogen) atoms. The summed E-state index contributed by atoms with van der Waals surface area (Å²) in [5.41, 5.74) is 10.6. The van der Waals surface area contributed by atoms with E-state index in [0.29, 0.717) is 11.3 Å². The van der Waals surface area contributed by atoms with Crippen LogP contribution in [-0.2, 0) is 0 Å². The number of hydrazone groups is 1. The van der Waals surface area contributed by atoms with Gasteiger partial charge in [0.05, 0.1) is 22.5 Å². The number of carbonyl (C=O) groups is 2. The number of hydrogen-bond donors (Lipinski definition) is 2. The SMILES string of the molecule is Cc1ccc(-c2ccccc2)n1-c1ccc(C(=O)N/N=C/c2cc(C)n(-c3ccc(Cl)c(C(=O)O)c3)c2C)cc1. The van der Waals surface area contributed by atoms with Gasteiger partial charge in [0.25, 0.3) is 5.91 Å². The van der Waals surface area contributed by atoms with Crippen molar-refractivity contribution in [3.05, 3.63) is 130 Å². The lowest BCUT2D eigenvalue weighted by atomic mass is 10.1. The van der Waals surface area contributed by atoms with E-state index in [0.717, 1.165) is 39.6 Å². The number of aromatic nitrogens is 2. The Balaban J connectivity index is 1.32. The maximum Gasteiger partial charge on any atom is 0.337 e. The van der Waals surface area contributed by atoms with E-state index in [1.54, 1.807) is 30.5 Å². The number of benzene rings is 3. The van der Waals surface area contributed by atoms with Crippen molar-refractivity contribution in [2.75, 3.05) is 0 Å². The Morgan fingerprint density at radius 2 is 1.52 bits per heavy atom. The number of aryl methyl sites for hydroxylation is 2. The maximum absolute atomic E-state index is 12.8. The number of carboxylic acid groups (broad SMARTS) is 1. The minimum absolute atomic E-state index is 0.0309. The molecule has 0 aliphatic rings. The van der Waals surface area contributed by atoms with Gasteiger partial charge in [0.15, 0.2) is 0 Å². The molecule has 0 spiro atoms. The van der Waals surface area contributed by atoms with Crippen LogP contribution < -0.4 is 5.43 Å². The lowest BCUT2D eigenvalue weighted by Gasteiger charge is -2.12. The van der Waals surface area contributed by atoms with E-state index in [9.17, 15) is 14.7 Å². The van der Waals surface area contributed by atoms with Gasteiger partial charge in [-0.15, -0.1) is 0 Å². The van der Waals surface area contributed by atoms with Crippen LogP contribution in [0.3, 0.4) is 0 Å². The molecule has 0 saturated carbocycles. The van der Waals surface area contributed by atoms with E-state index in [2.05, 4.69) is 46.3 Å². The van der Waals surface area contributed by atoms with Gasteiger partial charge in [-0.2, -0.15) is 5.10 Å². The van der Waals surface area contributed by atoms with Crippen LogP contribution in [0.5, 0.6) is 0 Å². The van der Waals surface area contributed by atoms with Crippen LogP contribution in [0.25, 0.3) is 22.6 Å². The van der Waals surface area contributed by atoms with Gasteiger partial charge in [-0.3, -0.25) is 4.79 Å². The fourth-order valence-electron chi connectivity index (χ4n) is 4.83. The summed E-state index contributed by atoms with van der Waals surface area (Å²) in [7, 11) is 0. The number of nitrogens with zero attached hydrogens (tertiary/aromatic N) is 3. The molecular formula is C32H27ClN4O3. The van der Waals surface area contributed by atoms with E-state index in [1.807, 2.05) is 54.8 Å². The molecule has 8 heteroatoms. The summed E-state index contributed by atoms with van der Waals surface area (Å²) in [5, 5.41) is 13.8. The standard InChI is InChI=1S/C32H27ClN4O3/c1-20-9-16-30(23-7-5-4-6-8-23)37(20)26-12-10-24(11-13-26)31(38)35-34-19-25-17-21(2)36(22(25)3)27-14-15-29(33)28(18-27)32(39)40/h4-19H,1-3H3,(H,35,38)(H,39,40)/b34-19+. The average Bonchev–Trinajstić information content (AvgIpc) is 3.47. The topological polar surface area (TPSA) is 88.6 Å². The van der Waals surface area contributed by atoms with Crippen molar-refractivity contribution in [3.8, 4) is 22.6 Å². The van der Waals surface area contributed by atoms with Crippen molar-refractivity contribution in [1.82, 2.24) is 14.6 Å². The number of carboxylic acids is 1. The molecule has 0 bridgehead atoms. The molecular weight excluding hydrogens is 524 g/mol. The van der Waals surface area contributed by atoms with Gasteiger partial charge in [-0.25, -0.2) is 10.2 Å². The quantitative estimate of drug-likeness (QED) is 0.169. The predicted octanol–water partition coefficient (Wildman–Crippen LogP) is 6.98. The van der Waals surface area contributed by atoms with Crippen LogP contribution in [0.4, 0.5) is 0 Å². The lowest BCUT2D eigenvalue weighted by molar-refractivity contribution is 0.0696. The number of halogens is 1. The molecule has 0 radical (unpaired) electrons. The first kappa shape index (κ1) is 26.7. The molecule has 5 aromatic rings. The highest BCUT2D eigenvalue weighted by Crippen LogP contribution is 2.27. The first-order valence-corrected chi connectivity index (χ1v) is 13.0. The van der Waals surface area contributed by atoms with E-state index >= 15 is 0 Å². The summed E-state index contributed by atoms with van der Waals surface area (Å²) in [4.78, 5) is 24.3. The second kappa shape index (κ2) is 11.1. The summed E-state index contributed by atoms with van der Waals surface area (Å²) in [6.45, 7) is 5.86. The zero-order valence-corrected chi connectivity index (χ0v) is 23.0. The van der Waals surface area contributed by atoms with Crippen molar-refractivity contribution in [2.24, 2.45) is 5.10 Å². The third kappa shape index (κ3) is 5.19. The fraction of sp³-hybridized carbons (Fsp3) is 0.0938. The minimum atomic E-state index is -1.09. The second-order valence-corrected chi connectivity index (χ2v) is 9.85. The number of hydrogen-bond acceptors (Lipinski definition) is 3. The zero-order valence-electron chi connectivity index (χ0n) is 22.2. The van der Waals surface area contributed by atoms with E-state index in [1.165, 1.54) is 6.07 Å². The van der Waals surface area contributed by atoms with Crippen molar-refractivity contribution in [1.29, 1.82) is 0 Å².